The minimum absolute atomic E-state index is 0.352. The Morgan fingerprint density at radius 2 is 1.95 bits per heavy atom. The Bertz CT molecular complexity index is 465. The quantitative estimate of drug-likeness (QED) is 0.584. The van der Waals surface area contributed by atoms with Crippen LogP contribution in [0.2, 0.25) is 0 Å². The first-order valence-corrected chi connectivity index (χ1v) is 6.01. The summed E-state index contributed by atoms with van der Waals surface area (Å²) >= 11 is 0. The summed E-state index contributed by atoms with van der Waals surface area (Å²) in [5.74, 6) is -1.08. The molecular weight excluding hydrogens is 246 g/mol. The van der Waals surface area contributed by atoms with Gasteiger partial charge in [0.1, 0.15) is 11.4 Å². The Labute approximate surface area is 111 Å². The van der Waals surface area contributed by atoms with E-state index in [9.17, 15) is 9.59 Å². The molecule has 19 heavy (non-hydrogen) atoms. The zero-order valence-corrected chi connectivity index (χ0v) is 10.8. The van der Waals surface area contributed by atoms with Crippen molar-refractivity contribution in [2.75, 3.05) is 6.61 Å². The van der Waals surface area contributed by atoms with Gasteiger partial charge in [-0.3, -0.25) is 4.79 Å². The van der Waals surface area contributed by atoms with Gasteiger partial charge in [-0.2, -0.15) is 0 Å². The van der Waals surface area contributed by atoms with Gasteiger partial charge in [0.25, 0.3) is 5.91 Å². The standard InChI is InChI=1S/C14H17NO4/c1-3-4-9-19-12-7-5-11(6-8-12)13(16)15-10(2)14(17)18/h5-8H,2-4,9H2,1H3,(H,15,16)(H,17,18). The van der Waals surface area contributed by atoms with Crippen molar-refractivity contribution in [3.8, 4) is 5.75 Å². The highest BCUT2D eigenvalue weighted by atomic mass is 16.5. The molecule has 0 aliphatic rings. The molecule has 0 aliphatic heterocycles. The van der Waals surface area contributed by atoms with Gasteiger partial charge in [0.15, 0.2) is 0 Å². The lowest BCUT2D eigenvalue weighted by Crippen LogP contribution is -2.26. The average Bonchev–Trinajstić information content (AvgIpc) is 2.39. The smallest absolute Gasteiger partial charge is 0.351 e. The van der Waals surface area contributed by atoms with Gasteiger partial charge in [-0.15, -0.1) is 0 Å². The number of carbonyl (C=O) groups is 2. The topological polar surface area (TPSA) is 75.6 Å². The van der Waals surface area contributed by atoms with E-state index in [1.165, 1.54) is 0 Å². The van der Waals surface area contributed by atoms with Crippen molar-refractivity contribution in [2.24, 2.45) is 0 Å². The van der Waals surface area contributed by atoms with Crippen molar-refractivity contribution in [3.63, 3.8) is 0 Å². The van der Waals surface area contributed by atoms with Crippen LogP contribution in [0, 0.1) is 0 Å². The predicted molar refractivity (Wildman–Crippen MR) is 71.1 cm³/mol. The van der Waals surface area contributed by atoms with Crippen molar-refractivity contribution >= 4 is 11.9 Å². The fourth-order valence-corrected chi connectivity index (χ4v) is 1.30. The van der Waals surface area contributed by atoms with E-state index >= 15 is 0 Å². The number of nitrogens with one attached hydrogen (secondary N) is 1. The molecule has 102 valence electrons. The highest BCUT2D eigenvalue weighted by Gasteiger charge is 2.10. The number of ether oxygens (including phenoxy) is 1. The number of unbranched alkanes of at least 4 members (excludes halogenated alkanes) is 1. The van der Waals surface area contributed by atoms with Crippen LogP contribution in [-0.4, -0.2) is 23.6 Å². The van der Waals surface area contributed by atoms with Crippen LogP contribution in [0.5, 0.6) is 5.75 Å². The largest absolute Gasteiger partial charge is 0.494 e. The third-order valence-corrected chi connectivity index (χ3v) is 2.41. The van der Waals surface area contributed by atoms with E-state index in [1.54, 1.807) is 24.3 Å². The van der Waals surface area contributed by atoms with E-state index in [0.29, 0.717) is 17.9 Å². The van der Waals surface area contributed by atoms with Crippen LogP contribution < -0.4 is 10.1 Å². The third kappa shape index (κ3) is 4.83. The monoisotopic (exact) mass is 263 g/mol. The van der Waals surface area contributed by atoms with E-state index in [4.69, 9.17) is 9.84 Å². The highest BCUT2D eigenvalue weighted by molar-refractivity contribution is 6.00. The van der Waals surface area contributed by atoms with Crippen molar-refractivity contribution in [1.82, 2.24) is 5.32 Å². The summed E-state index contributed by atoms with van der Waals surface area (Å²) in [6.45, 7) is 5.94. The summed E-state index contributed by atoms with van der Waals surface area (Å²) in [7, 11) is 0. The fourth-order valence-electron chi connectivity index (χ4n) is 1.30. The first-order valence-electron chi connectivity index (χ1n) is 6.01. The van der Waals surface area contributed by atoms with Gasteiger partial charge in [0, 0.05) is 5.56 Å². The molecule has 1 amide bonds. The van der Waals surface area contributed by atoms with Gasteiger partial charge in [-0.05, 0) is 30.7 Å². The predicted octanol–water partition coefficient (Wildman–Crippen LogP) is 2.19. The summed E-state index contributed by atoms with van der Waals surface area (Å²) in [5, 5.41) is 10.8. The van der Waals surface area contributed by atoms with Gasteiger partial charge in [-0.1, -0.05) is 19.9 Å². The first-order chi connectivity index (χ1) is 9.04. The molecule has 0 heterocycles. The molecular formula is C14H17NO4. The molecule has 0 saturated carbocycles. The number of rotatable bonds is 7. The molecule has 1 aromatic carbocycles. The normalized spacial score (nSPS) is 9.74. The molecule has 0 atom stereocenters. The molecule has 0 aromatic heterocycles. The molecule has 0 bridgehead atoms. The van der Waals surface area contributed by atoms with Crippen LogP contribution in [0.4, 0.5) is 0 Å². The molecule has 1 rings (SSSR count). The Morgan fingerprint density at radius 1 is 1.32 bits per heavy atom. The highest BCUT2D eigenvalue weighted by Crippen LogP contribution is 2.12. The Balaban J connectivity index is 2.58. The maximum atomic E-state index is 11.7. The summed E-state index contributed by atoms with van der Waals surface area (Å²) in [6.07, 6.45) is 2.03. The Kier molecular flexibility index (Phi) is 5.60. The summed E-state index contributed by atoms with van der Waals surface area (Å²) in [4.78, 5) is 22.2. The van der Waals surface area contributed by atoms with Crippen LogP contribution in [0.15, 0.2) is 36.5 Å². The lowest BCUT2D eigenvalue weighted by molar-refractivity contribution is -0.132. The lowest BCUT2D eigenvalue weighted by atomic mass is 10.2. The number of hydrogen-bond acceptors (Lipinski definition) is 3. The minimum Gasteiger partial charge on any atom is -0.494 e. The number of aliphatic carboxylic acids is 1. The van der Waals surface area contributed by atoms with E-state index in [0.717, 1.165) is 12.8 Å². The van der Waals surface area contributed by atoms with Crippen LogP contribution in [-0.2, 0) is 4.79 Å². The van der Waals surface area contributed by atoms with Gasteiger partial charge in [0.05, 0.1) is 6.61 Å². The maximum Gasteiger partial charge on any atom is 0.351 e. The maximum absolute atomic E-state index is 11.7. The summed E-state index contributed by atoms with van der Waals surface area (Å²) < 4.78 is 5.46. The molecule has 5 heteroatoms. The second kappa shape index (κ2) is 7.20. The van der Waals surface area contributed by atoms with Crippen molar-refractivity contribution in [2.45, 2.75) is 19.8 Å². The van der Waals surface area contributed by atoms with Crippen LogP contribution in [0.1, 0.15) is 30.1 Å². The molecule has 1 aromatic rings. The van der Waals surface area contributed by atoms with Gasteiger partial charge in [-0.25, -0.2) is 4.79 Å². The first kappa shape index (κ1) is 14.8. The van der Waals surface area contributed by atoms with Crippen LogP contribution in [0.3, 0.4) is 0 Å². The molecule has 0 spiro atoms. The van der Waals surface area contributed by atoms with Gasteiger partial charge in [0.2, 0.25) is 0 Å². The van der Waals surface area contributed by atoms with Crippen molar-refractivity contribution in [1.29, 1.82) is 0 Å². The number of carboxylic acid groups (broad SMARTS) is 1. The molecule has 2 N–H and O–H groups in total. The van der Waals surface area contributed by atoms with E-state index in [2.05, 4.69) is 18.8 Å². The molecule has 0 fully saturated rings. The minimum atomic E-state index is -1.26. The van der Waals surface area contributed by atoms with E-state index in [-0.39, 0.29) is 5.70 Å². The lowest BCUT2D eigenvalue weighted by Gasteiger charge is -2.07. The molecule has 0 radical (unpaired) electrons. The summed E-state index contributed by atoms with van der Waals surface area (Å²) in [6, 6.07) is 6.50. The van der Waals surface area contributed by atoms with Crippen molar-refractivity contribution < 1.29 is 19.4 Å². The average molecular weight is 263 g/mol. The van der Waals surface area contributed by atoms with Crippen LogP contribution in [0.25, 0.3) is 0 Å². The van der Waals surface area contributed by atoms with E-state index < -0.39 is 11.9 Å². The molecule has 0 aliphatic carbocycles. The SMILES string of the molecule is C=C(NC(=O)c1ccc(OCCCC)cc1)C(=O)O. The fraction of sp³-hybridized carbons (Fsp3) is 0.286. The summed E-state index contributed by atoms with van der Waals surface area (Å²) in [5.41, 5.74) is -0.00138. The van der Waals surface area contributed by atoms with Gasteiger partial charge < -0.3 is 15.2 Å². The zero-order chi connectivity index (χ0) is 14.3. The number of benzene rings is 1. The van der Waals surface area contributed by atoms with Crippen LogP contribution >= 0.6 is 0 Å². The Morgan fingerprint density at radius 3 is 2.47 bits per heavy atom. The number of amides is 1. The van der Waals surface area contributed by atoms with Gasteiger partial charge >= 0.3 is 5.97 Å². The molecule has 0 saturated heterocycles. The third-order valence-electron chi connectivity index (χ3n) is 2.41. The number of hydrogen-bond donors (Lipinski definition) is 2. The van der Waals surface area contributed by atoms with Crippen molar-refractivity contribution in [3.05, 3.63) is 42.1 Å². The Hall–Kier alpha value is -2.30. The molecule has 5 nitrogen and oxygen atoms in total. The molecule has 0 unspecified atom stereocenters. The number of carbonyl (C=O) groups excluding carboxylic acids is 1. The van der Waals surface area contributed by atoms with E-state index in [1.807, 2.05) is 0 Å². The second-order valence-electron chi connectivity index (χ2n) is 3.96. The number of carboxylic acids is 1. The second-order valence-corrected chi connectivity index (χ2v) is 3.96. The zero-order valence-electron chi connectivity index (χ0n) is 10.8.